The molecule has 0 saturated heterocycles. The van der Waals surface area contributed by atoms with Gasteiger partial charge in [0.2, 0.25) is 0 Å². The standard InChI is InChI=1S/C19H22N2O4/c1-3-11-24-17-10-9-15(12-18(17)23-2)13-20-25-14-19(22)21-16-7-5-4-6-8-16/h4-10,12-13H,3,11,14H2,1-2H3,(H,21,22). The first-order valence-corrected chi connectivity index (χ1v) is 8.04. The van der Waals surface area contributed by atoms with Gasteiger partial charge in [-0.25, -0.2) is 0 Å². The summed E-state index contributed by atoms with van der Waals surface area (Å²) in [5.41, 5.74) is 1.50. The Morgan fingerprint density at radius 3 is 2.68 bits per heavy atom. The summed E-state index contributed by atoms with van der Waals surface area (Å²) >= 11 is 0. The van der Waals surface area contributed by atoms with Gasteiger partial charge in [0.1, 0.15) is 0 Å². The van der Waals surface area contributed by atoms with Crippen molar-refractivity contribution >= 4 is 17.8 Å². The second-order valence-electron chi connectivity index (χ2n) is 5.18. The SMILES string of the molecule is CCCOc1ccc(C=NOCC(=O)Nc2ccccc2)cc1OC. The molecule has 1 amide bonds. The number of anilines is 1. The third-order valence-corrected chi connectivity index (χ3v) is 3.18. The summed E-state index contributed by atoms with van der Waals surface area (Å²) in [6, 6.07) is 14.6. The number of ether oxygens (including phenoxy) is 2. The summed E-state index contributed by atoms with van der Waals surface area (Å²) in [5, 5.41) is 6.52. The van der Waals surface area contributed by atoms with E-state index in [1.54, 1.807) is 25.3 Å². The molecule has 0 aliphatic rings. The molecule has 0 saturated carbocycles. The van der Waals surface area contributed by atoms with Gasteiger partial charge in [0.15, 0.2) is 18.1 Å². The zero-order valence-corrected chi connectivity index (χ0v) is 14.4. The van der Waals surface area contributed by atoms with Gasteiger partial charge < -0.3 is 19.6 Å². The van der Waals surface area contributed by atoms with Crippen LogP contribution >= 0.6 is 0 Å². The Balaban J connectivity index is 1.84. The molecule has 0 aliphatic carbocycles. The molecule has 0 atom stereocenters. The Hall–Kier alpha value is -3.02. The minimum Gasteiger partial charge on any atom is -0.493 e. The van der Waals surface area contributed by atoms with E-state index in [2.05, 4.69) is 10.5 Å². The Kier molecular flexibility index (Phi) is 7.31. The molecule has 6 heteroatoms. The zero-order valence-electron chi connectivity index (χ0n) is 14.4. The van der Waals surface area contributed by atoms with E-state index in [0.717, 1.165) is 12.0 Å². The van der Waals surface area contributed by atoms with Crippen LogP contribution in [0.2, 0.25) is 0 Å². The normalized spacial score (nSPS) is 10.5. The number of nitrogens with zero attached hydrogens (tertiary/aromatic N) is 1. The fraction of sp³-hybridized carbons (Fsp3) is 0.263. The summed E-state index contributed by atoms with van der Waals surface area (Å²) in [5.74, 6) is 1.04. The van der Waals surface area contributed by atoms with Crippen LogP contribution in [-0.4, -0.2) is 32.4 Å². The van der Waals surface area contributed by atoms with E-state index in [9.17, 15) is 4.79 Å². The predicted molar refractivity (Wildman–Crippen MR) is 97.4 cm³/mol. The van der Waals surface area contributed by atoms with Crippen molar-refractivity contribution in [3.05, 3.63) is 54.1 Å². The Morgan fingerprint density at radius 2 is 1.96 bits per heavy atom. The topological polar surface area (TPSA) is 69.2 Å². The molecule has 132 valence electrons. The Bertz CT molecular complexity index is 702. The minimum atomic E-state index is -0.274. The molecule has 0 heterocycles. The van der Waals surface area contributed by atoms with Crippen LogP contribution in [0.1, 0.15) is 18.9 Å². The van der Waals surface area contributed by atoms with Crippen LogP contribution in [0.4, 0.5) is 5.69 Å². The number of rotatable bonds is 9. The lowest BCUT2D eigenvalue weighted by atomic mass is 10.2. The first-order valence-electron chi connectivity index (χ1n) is 8.04. The van der Waals surface area contributed by atoms with Gasteiger partial charge in [0.25, 0.3) is 5.91 Å². The number of para-hydroxylation sites is 1. The first-order chi connectivity index (χ1) is 12.2. The maximum Gasteiger partial charge on any atom is 0.265 e. The van der Waals surface area contributed by atoms with Gasteiger partial charge in [-0.2, -0.15) is 0 Å². The summed E-state index contributed by atoms with van der Waals surface area (Å²) in [6.45, 7) is 2.50. The molecule has 0 aliphatic heterocycles. The van der Waals surface area contributed by atoms with E-state index in [4.69, 9.17) is 14.3 Å². The summed E-state index contributed by atoms with van der Waals surface area (Å²) in [7, 11) is 1.58. The van der Waals surface area contributed by atoms with Gasteiger partial charge in [0, 0.05) is 11.3 Å². The third-order valence-electron chi connectivity index (χ3n) is 3.18. The molecule has 2 rings (SSSR count). The first kappa shape index (κ1) is 18.3. The predicted octanol–water partition coefficient (Wildman–Crippen LogP) is 3.47. The van der Waals surface area contributed by atoms with E-state index >= 15 is 0 Å². The molecule has 0 bridgehead atoms. The molecular weight excluding hydrogens is 320 g/mol. The van der Waals surface area contributed by atoms with Crippen molar-refractivity contribution in [2.45, 2.75) is 13.3 Å². The molecule has 6 nitrogen and oxygen atoms in total. The number of carbonyl (C=O) groups is 1. The average molecular weight is 342 g/mol. The molecule has 0 fully saturated rings. The number of benzene rings is 2. The van der Waals surface area contributed by atoms with E-state index < -0.39 is 0 Å². The number of oxime groups is 1. The molecule has 25 heavy (non-hydrogen) atoms. The zero-order chi connectivity index (χ0) is 17.9. The highest BCUT2D eigenvalue weighted by Crippen LogP contribution is 2.27. The number of nitrogens with one attached hydrogen (secondary N) is 1. The smallest absolute Gasteiger partial charge is 0.265 e. The van der Waals surface area contributed by atoms with E-state index in [0.29, 0.717) is 23.8 Å². The Labute approximate surface area is 147 Å². The van der Waals surface area contributed by atoms with Gasteiger partial charge in [-0.1, -0.05) is 30.3 Å². The summed E-state index contributed by atoms with van der Waals surface area (Å²) in [4.78, 5) is 16.7. The largest absolute Gasteiger partial charge is 0.493 e. The van der Waals surface area contributed by atoms with Gasteiger partial charge >= 0.3 is 0 Å². The second-order valence-corrected chi connectivity index (χ2v) is 5.18. The van der Waals surface area contributed by atoms with Gasteiger partial charge in [-0.15, -0.1) is 0 Å². The lowest BCUT2D eigenvalue weighted by molar-refractivity contribution is -0.120. The van der Waals surface area contributed by atoms with Crippen LogP contribution in [0.3, 0.4) is 0 Å². The van der Waals surface area contributed by atoms with Crippen molar-refractivity contribution in [3.63, 3.8) is 0 Å². The van der Waals surface area contributed by atoms with Crippen LogP contribution in [-0.2, 0) is 9.63 Å². The van der Waals surface area contributed by atoms with Crippen molar-refractivity contribution < 1.29 is 19.1 Å². The molecular formula is C19H22N2O4. The van der Waals surface area contributed by atoms with Crippen molar-refractivity contribution in [3.8, 4) is 11.5 Å². The maximum atomic E-state index is 11.7. The summed E-state index contributed by atoms with van der Waals surface area (Å²) in [6.07, 6.45) is 2.44. The van der Waals surface area contributed by atoms with Gasteiger partial charge in [-0.05, 0) is 36.8 Å². The number of hydrogen-bond acceptors (Lipinski definition) is 5. The molecule has 1 N–H and O–H groups in total. The second kappa shape index (κ2) is 9.97. The lowest BCUT2D eigenvalue weighted by Gasteiger charge is -2.10. The monoisotopic (exact) mass is 342 g/mol. The quantitative estimate of drug-likeness (QED) is 0.559. The highest BCUT2D eigenvalue weighted by atomic mass is 16.6. The van der Waals surface area contributed by atoms with E-state index in [1.807, 2.05) is 37.3 Å². The molecule has 0 spiro atoms. The number of carbonyl (C=O) groups excluding carboxylic acids is 1. The highest BCUT2D eigenvalue weighted by Gasteiger charge is 2.05. The lowest BCUT2D eigenvalue weighted by Crippen LogP contribution is -2.16. The fourth-order valence-electron chi connectivity index (χ4n) is 2.01. The molecule has 2 aromatic rings. The fourth-order valence-corrected chi connectivity index (χ4v) is 2.01. The van der Waals surface area contributed by atoms with Crippen LogP contribution < -0.4 is 14.8 Å². The van der Waals surface area contributed by atoms with E-state index in [-0.39, 0.29) is 12.5 Å². The number of hydrogen-bond donors (Lipinski definition) is 1. The molecule has 0 radical (unpaired) electrons. The third kappa shape index (κ3) is 6.18. The number of amides is 1. The van der Waals surface area contributed by atoms with Gasteiger partial charge in [-0.3, -0.25) is 4.79 Å². The van der Waals surface area contributed by atoms with Crippen LogP contribution in [0.25, 0.3) is 0 Å². The average Bonchev–Trinajstić information content (AvgIpc) is 2.64. The van der Waals surface area contributed by atoms with Gasteiger partial charge in [0.05, 0.1) is 19.9 Å². The van der Waals surface area contributed by atoms with E-state index in [1.165, 1.54) is 6.21 Å². The minimum absolute atomic E-state index is 0.166. The van der Waals surface area contributed by atoms with Crippen molar-refractivity contribution in [2.75, 3.05) is 25.6 Å². The summed E-state index contributed by atoms with van der Waals surface area (Å²) < 4.78 is 10.9. The molecule has 0 unspecified atom stereocenters. The molecule has 2 aromatic carbocycles. The highest BCUT2D eigenvalue weighted by molar-refractivity contribution is 5.91. The maximum absolute atomic E-state index is 11.7. The Morgan fingerprint density at radius 1 is 1.16 bits per heavy atom. The van der Waals surface area contributed by atoms with Crippen molar-refractivity contribution in [2.24, 2.45) is 5.16 Å². The van der Waals surface area contributed by atoms with Crippen LogP contribution in [0, 0.1) is 0 Å². The van der Waals surface area contributed by atoms with Crippen molar-refractivity contribution in [1.82, 2.24) is 0 Å². The number of methoxy groups -OCH3 is 1. The van der Waals surface area contributed by atoms with Crippen LogP contribution in [0.15, 0.2) is 53.7 Å². The molecule has 0 aromatic heterocycles. The van der Waals surface area contributed by atoms with Crippen LogP contribution in [0.5, 0.6) is 11.5 Å². The van der Waals surface area contributed by atoms with Crippen molar-refractivity contribution in [1.29, 1.82) is 0 Å².